The van der Waals surface area contributed by atoms with Gasteiger partial charge in [-0.3, -0.25) is 0 Å². The van der Waals surface area contributed by atoms with Crippen molar-refractivity contribution in [2.75, 3.05) is 31.2 Å². The molecule has 0 radical (unpaired) electrons. The number of fused-ring (bicyclic) bond motifs is 1. The van der Waals surface area contributed by atoms with Gasteiger partial charge in [0.15, 0.2) is 0 Å². The second-order valence-corrected chi connectivity index (χ2v) is 7.17. The van der Waals surface area contributed by atoms with Gasteiger partial charge in [0, 0.05) is 23.5 Å². The fourth-order valence-corrected chi connectivity index (χ4v) is 3.99. The molecule has 2 heterocycles. The third-order valence-corrected chi connectivity index (χ3v) is 5.47. The average molecular weight is 322 g/mol. The van der Waals surface area contributed by atoms with Gasteiger partial charge in [-0.2, -0.15) is 0 Å². The Balaban J connectivity index is 1.57. The van der Waals surface area contributed by atoms with Gasteiger partial charge >= 0.3 is 0 Å². The van der Waals surface area contributed by atoms with Crippen molar-refractivity contribution >= 4 is 11.5 Å². The number of benzene rings is 1. The zero-order valence-corrected chi connectivity index (χ0v) is 14.4. The Morgan fingerprint density at radius 1 is 1.17 bits per heavy atom. The molecule has 4 heteroatoms. The molecule has 4 nitrogen and oxygen atoms in total. The third-order valence-electron chi connectivity index (χ3n) is 5.47. The summed E-state index contributed by atoms with van der Waals surface area (Å²) in [7, 11) is 2.19. The van der Waals surface area contributed by atoms with Crippen LogP contribution < -0.4 is 11.1 Å². The summed E-state index contributed by atoms with van der Waals surface area (Å²) in [6.45, 7) is 2.30. The van der Waals surface area contributed by atoms with Crippen molar-refractivity contribution < 1.29 is 0 Å². The Morgan fingerprint density at radius 3 is 2.83 bits per heavy atom. The molecule has 1 aliphatic heterocycles. The largest absolute Gasteiger partial charge is 0.398 e. The predicted octanol–water partition coefficient (Wildman–Crippen LogP) is 3.33. The Labute approximate surface area is 144 Å². The molecule has 24 heavy (non-hydrogen) atoms. The molecule has 1 aromatic carbocycles. The molecule has 0 unspecified atom stereocenters. The van der Waals surface area contributed by atoms with Gasteiger partial charge in [-0.15, -0.1) is 0 Å². The number of nitrogen functional groups attached to an aromatic ring is 1. The first-order valence-electron chi connectivity index (χ1n) is 9.02. The predicted molar refractivity (Wildman–Crippen MR) is 100 cm³/mol. The van der Waals surface area contributed by atoms with E-state index in [9.17, 15) is 0 Å². The zero-order chi connectivity index (χ0) is 16.5. The number of anilines is 2. The molecule has 126 valence electrons. The molecule has 0 saturated carbocycles. The number of rotatable bonds is 3. The second-order valence-electron chi connectivity index (χ2n) is 7.17. The number of likely N-dealkylation sites (tertiary alicyclic amines) is 1. The van der Waals surface area contributed by atoms with E-state index >= 15 is 0 Å². The minimum absolute atomic E-state index is 0.515. The zero-order valence-electron chi connectivity index (χ0n) is 14.4. The quantitative estimate of drug-likeness (QED) is 0.851. The van der Waals surface area contributed by atoms with Crippen LogP contribution in [-0.4, -0.2) is 36.1 Å². The smallest absolute Gasteiger partial charge is 0.126 e. The lowest BCUT2D eigenvalue weighted by molar-refractivity contribution is 0.263. The third kappa shape index (κ3) is 2.98. The molecular weight excluding hydrogens is 296 g/mol. The van der Waals surface area contributed by atoms with Gasteiger partial charge in [-0.1, -0.05) is 12.1 Å². The molecule has 1 aromatic heterocycles. The van der Waals surface area contributed by atoms with E-state index < -0.39 is 0 Å². The summed E-state index contributed by atoms with van der Waals surface area (Å²) >= 11 is 0. The number of pyridine rings is 1. The minimum Gasteiger partial charge on any atom is -0.398 e. The Hall–Kier alpha value is -2.07. The van der Waals surface area contributed by atoms with Crippen molar-refractivity contribution in [2.24, 2.45) is 0 Å². The van der Waals surface area contributed by atoms with E-state index in [2.05, 4.69) is 46.5 Å². The summed E-state index contributed by atoms with van der Waals surface area (Å²) in [5, 5.41) is 3.60. The molecule has 0 atom stereocenters. The lowest BCUT2D eigenvalue weighted by Crippen LogP contribution is -2.36. The molecule has 1 aliphatic carbocycles. The topological polar surface area (TPSA) is 54.2 Å². The van der Waals surface area contributed by atoms with Gasteiger partial charge in [0.2, 0.25) is 0 Å². The van der Waals surface area contributed by atoms with E-state index in [4.69, 9.17) is 5.73 Å². The summed E-state index contributed by atoms with van der Waals surface area (Å²) in [4.78, 5) is 6.90. The van der Waals surface area contributed by atoms with Crippen molar-refractivity contribution in [1.82, 2.24) is 9.88 Å². The van der Waals surface area contributed by atoms with Crippen LogP contribution in [0.25, 0.3) is 11.1 Å². The number of nitrogens with two attached hydrogens (primary N) is 1. The fourth-order valence-electron chi connectivity index (χ4n) is 3.99. The van der Waals surface area contributed by atoms with E-state index in [1.165, 1.54) is 36.8 Å². The maximum atomic E-state index is 6.47. The first-order chi connectivity index (χ1) is 11.7. The number of nitrogens with zero attached hydrogens (tertiary/aromatic N) is 2. The van der Waals surface area contributed by atoms with E-state index in [0.29, 0.717) is 6.04 Å². The molecule has 2 aliphatic rings. The molecule has 2 aromatic rings. The monoisotopic (exact) mass is 322 g/mol. The molecule has 1 saturated heterocycles. The van der Waals surface area contributed by atoms with Gasteiger partial charge in [0.25, 0.3) is 0 Å². The molecule has 0 bridgehead atoms. The number of hydrogen-bond donors (Lipinski definition) is 2. The summed E-state index contributed by atoms with van der Waals surface area (Å²) in [5.41, 5.74) is 12.5. The number of piperidine rings is 1. The van der Waals surface area contributed by atoms with E-state index in [-0.39, 0.29) is 0 Å². The number of nitrogens with one attached hydrogen (secondary N) is 1. The van der Waals surface area contributed by atoms with Crippen LogP contribution in [0.5, 0.6) is 0 Å². The maximum absolute atomic E-state index is 6.47. The standard InChI is InChI=1S/C20H26N4/c1-24-11-8-16(9-12-24)23-19-13-15(7-10-22-19)18-6-5-14-3-2-4-17(14)20(18)21/h5-7,10,13,16H,2-4,8-9,11-12,21H2,1H3,(H,22,23). The summed E-state index contributed by atoms with van der Waals surface area (Å²) in [5.74, 6) is 0.960. The Morgan fingerprint density at radius 2 is 2.00 bits per heavy atom. The second kappa shape index (κ2) is 6.44. The van der Waals surface area contributed by atoms with Gasteiger partial charge in [0.1, 0.15) is 5.82 Å². The van der Waals surface area contributed by atoms with Crippen molar-refractivity contribution in [3.63, 3.8) is 0 Å². The highest BCUT2D eigenvalue weighted by Crippen LogP contribution is 2.35. The fraction of sp³-hybridized carbons (Fsp3) is 0.450. The van der Waals surface area contributed by atoms with Gasteiger partial charge < -0.3 is 16.0 Å². The van der Waals surface area contributed by atoms with Gasteiger partial charge in [0.05, 0.1) is 0 Å². The molecule has 4 rings (SSSR count). The minimum atomic E-state index is 0.515. The van der Waals surface area contributed by atoms with Crippen LogP contribution in [0, 0.1) is 0 Å². The first kappa shape index (κ1) is 15.5. The lowest BCUT2D eigenvalue weighted by Gasteiger charge is -2.29. The van der Waals surface area contributed by atoms with Crippen LogP contribution in [0.4, 0.5) is 11.5 Å². The van der Waals surface area contributed by atoms with Crippen LogP contribution >= 0.6 is 0 Å². The van der Waals surface area contributed by atoms with Crippen molar-refractivity contribution in [1.29, 1.82) is 0 Å². The SMILES string of the molecule is CN1CCC(Nc2cc(-c3ccc4c(c3N)CCC4)ccn2)CC1. The van der Waals surface area contributed by atoms with E-state index in [0.717, 1.165) is 42.1 Å². The number of aryl methyl sites for hydroxylation is 1. The summed E-state index contributed by atoms with van der Waals surface area (Å²) in [6.07, 6.45) is 7.73. The Bertz CT molecular complexity index is 732. The normalized spacial score (nSPS) is 18.5. The number of aromatic nitrogens is 1. The van der Waals surface area contributed by atoms with Crippen LogP contribution in [0.15, 0.2) is 30.5 Å². The highest BCUT2D eigenvalue weighted by Gasteiger charge is 2.18. The van der Waals surface area contributed by atoms with Crippen molar-refractivity contribution in [3.05, 3.63) is 41.6 Å². The van der Waals surface area contributed by atoms with Crippen LogP contribution in [0.2, 0.25) is 0 Å². The Kier molecular flexibility index (Phi) is 4.15. The number of hydrogen-bond acceptors (Lipinski definition) is 4. The highest BCUT2D eigenvalue weighted by atomic mass is 15.1. The summed E-state index contributed by atoms with van der Waals surface area (Å²) < 4.78 is 0. The summed E-state index contributed by atoms with van der Waals surface area (Å²) in [6, 6.07) is 9.14. The molecular formula is C20H26N4. The first-order valence-corrected chi connectivity index (χ1v) is 9.02. The van der Waals surface area contributed by atoms with Crippen LogP contribution in [0.3, 0.4) is 0 Å². The molecule has 1 fully saturated rings. The van der Waals surface area contributed by atoms with Gasteiger partial charge in [-0.25, -0.2) is 4.98 Å². The van der Waals surface area contributed by atoms with Crippen LogP contribution in [-0.2, 0) is 12.8 Å². The lowest BCUT2D eigenvalue weighted by atomic mass is 9.98. The average Bonchev–Trinajstić information content (AvgIpc) is 3.07. The van der Waals surface area contributed by atoms with Gasteiger partial charge in [-0.05, 0) is 81.1 Å². The molecule has 3 N–H and O–H groups in total. The maximum Gasteiger partial charge on any atom is 0.126 e. The molecule has 0 amide bonds. The van der Waals surface area contributed by atoms with Crippen molar-refractivity contribution in [3.8, 4) is 11.1 Å². The highest BCUT2D eigenvalue weighted by molar-refractivity contribution is 5.81. The van der Waals surface area contributed by atoms with E-state index in [1.54, 1.807) is 0 Å². The van der Waals surface area contributed by atoms with E-state index in [1.807, 2.05) is 6.20 Å². The van der Waals surface area contributed by atoms with Crippen LogP contribution in [0.1, 0.15) is 30.4 Å². The molecule has 0 spiro atoms. The van der Waals surface area contributed by atoms with Crippen molar-refractivity contribution in [2.45, 2.75) is 38.1 Å².